The molecule has 0 saturated carbocycles. The first kappa shape index (κ1) is 14.0. The topological polar surface area (TPSA) is 80.0 Å². The number of aromatic nitrogens is 2. The average Bonchev–Trinajstić information content (AvgIpc) is 2.82. The number of amides is 1. The van der Waals surface area contributed by atoms with E-state index in [9.17, 15) is 9.18 Å². The van der Waals surface area contributed by atoms with E-state index in [1.807, 2.05) is 6.92 Å². The predicted molar refractivity (Wildman–Crippen MR) is 72.2 cm³/mol. The Morgan fingerprint density at radius 2 is 2.30 bits per heavy atom. The van der Waals surface area contributed by atoms with E-state index in [4.69, 9.17) is 4.42 Å². The molecule has 0 radical (unpaired) electrons. The highest BCUT2D eigenvalue weighted by Crippen LogP contribution is 2.16. The third kappa shape index (κ3) is 3.31. The van der Waals surface area contributed by atoms with Crippen LogP contribution in [-0.2, 0) is 0 Å². The minimum Gasteiger partial charge on any atom is -0.432 e. The molecule has 0 bridgehead atoms. The summed E-state index contributed by atoms with van der Waals surface area (Å²) in [5.41, 5.74) is 0.747. The molecule has 6 nitrogen and oxygen atoms in total. The molecule has 2 N–H and O–H groups in total. The minimum atomic E-state index is -0.583. The lowest BCUT2D eigenvalue weighted by atomic mass is 10.2. The summed E-state index contributed by atoms with van der Waals surface area (Å²) in [5, 5.41) is 5.43. The van der Waals surface area contributed by atoms with Crippen LogP contribution in [0.4, 0.5) is 16.2 Å². The second-order valence-electron chi connectivity index (χ2n) is 4.22. The van der Waals surface area contributed by atoms with Gasteiger partial charge in [0.05, 0.1) is 17.5 Å². The maximum Gasteiger partial charge on any atom is 0.301 e. The van der Waals surface area contributed by atoms with E-state index in [-0.39, 0.29) is 11.6 Å². The maximum absolute atomic E-state index is 13.3. The second-order valence-corrected chi connectivity index (χ2v) is 4.22. The van der Waals surface area contributed by atoms with Gasteiger partial charge in [0.2, 0.25) is 0 Å². The van der Waals surface area contributed by atoms with Gasteiger partial charge in [-0.25, -0.2) is 9.37 Å². The summed E-state index contributed by atoms with van der Waals surface area (Å²) in [6, 6.07) is 1.19. The van der Waals surface area contributed by atoms with Crippen LogP contribution in [0.15, 0.2) is 22.9 Å². The van der Waals surface area contributed by atoms with Gasteiger partial charge in [0.15, 0.2) is 0 Å². The average molecular weight is 278 g/mol. The zero-order valence-electron chi connectivity index (χ0n) is 11.2. The first-order valence-electron chi connectivity index (χ1n) is 6.23. The van der Waals surface area contributed by atoms with E-state index in [1.165, 1.54) is 6.26 Å². The van der Waals surface area contributed by atoms with Gasteiger partial charge in [-0.15, -0.1) is 0 Å². The van der Waals surface area contributed by atoms with Crippen molar-refractivity contribution in [1.29, 1.82) is 0 Å². The molecular weight excluding hydrogens is 263 g/mol. The fraction of sp³-hybridized carbons (Fsp3) is 0.308. The number of halogens is 1. The van der Waals surface area contributed by atoms with Gasteiger partial charge < -0.3 is 9.73 Å². The van der Waals surface area contributed by atoms with E-state index < -0.39 is 11.7 Å². The summed E-state index contributed by atoms with van der Waals surface area (Å²) in [6.07, 6.45) is 3.33. The molecule has 106 valence electrons. The van der Waals surface area contributed by atoms with Gasteiger partial charge in [0.1, 0.15) is 17.9 Å². The summed E-state index contributed by atoms with van der Waals surface area (Å²) < 4.78 is 18.3. The minimum absolute atomic E-state index is 0.0678. The van der Waals surface area contributed by atoms with Crippen molar-refractivity contribution in [2.75, 3.05) is 17.2 Å². The van der Waals surface area contributed by atoms with E-state index in [2.05, 4.69) is 20.6 Å². The Morgan fingerprint density at radius 3 is 2.95 bits per heavy atom. The molecule has 2 heterocycles. The summed E-state index contributed by atoms with van der Waals surface area (Å²) in [6.45, 7) is 4.35. The molecule has 0 saturated heterocycles. The number of rotatable bonds is 5. The number of hydrogen-bond acceptors (Lipinski definition) is 5. The molecule has 0 unspecified atom stereocenters. The molecule has 0 aromatic carbocycles. The molecule has 2 aromatic heterocycles. The van der Waals surface area contributed by atoms with Gasteiger partial charge in [-0.2, -0.15) is 4.98 Å². The highest BCUT2D eigenvalue weighted by Gasteiger charge is 2.16. The smallest absolute Gasteiger partial charge is 0.301 e. The number of anilines is 2. The molecule has 0 spiro atoms. The Morgan fingerprint density at radius 1 is 1.50 bits per heavy atom. The number of aryl methyl sites for hydroxylation is 1. The lowest BCUT2D eigenvalue weighted by Crippen LogP contribution is -2.16. The quantitative estimate of drug-likeness (QED) is 0.878. The second kappa shape index (κ2) is 6.14. The first-order valence-corrected chi connectivity index (χ1v) is 6.23. The van der Waals surface area contributed by atoms with Crippen molar-refractivity contribution in [3.05, 3.63) is 35.6 Å². The van der Waals surface area contributed by atoms with Crippen LogP contribution in [0.25, 0.3) is 0 Å². The summed E-state index contributed by atoms with van der Waals surface area (Å²) in [4.78, 5) is 19.9. The number of nitrogens with one attached hydrogen (secondary N) is 2. The van der Waals surface area contributed by atoms with E-state index >= 15 is 0 Å². The lowest BCUT2D eigenvalue weighted by molar-refractivity contribution is 0.102. The van der Waals surface area contributed by atoms with Gasteiger partial charge in [0, 0.05) is 6.54 Å². The monoisotopic (exact) mass is 278 g/mol. The van der Waals surface area contributed by atoms with Gasteiger partial charge in [-0.05, 0) is 19.4 Å². The normalized spacial score (nSPS) is 10.3. The standard InChI is InChI=1S/C13H15FN4O2/c1-3-4-15-11-10(5-9(14)6-16-11)12(19)18-13-17-8(2)7-20-13/h5-7H,3-4H2,1-2H3,(H,15,16)(H,17,18,19). The van der Waals surface area contributed by atoms with E-state index in [1.54, 1.807) is 6.92 Å². The number of oxazole rings is 1. The van der Waals surface area contributed by atoms with Crippen molar-refractivity contribution in [3.8, 4) is 0 Å². The number of carbonyl (C=O) groups is 1. The van der Waals surface area contributed by atoms with Crippen molar-refractivity contribution in [3.63, 3.8) is 0 Å². The van der Waals surface area contributed by atoms with Gasteiger partial charge >= 0.3 is 6.01 Å². The summed E-state index contributed by atoms with van der Waals surface area (Å²) >= 11 is 0. The van der Waals surface area contributed by atoms with Crippen LogP contribution in [0.3, 0.4) is 0 Å². The van der Waals surface area contributed by atoms with Crippen LogP contribution in [0.1, 0.15) is 29.4 Å². The predicted octanol–water partition coefficient (Wildman–Crippen LogP) is 2.59. The molecule has 0 fully saturated rings. The Labute approximate surface area is 115 Å². The van der Waals surface area contributed by atoms with Crippen LogP contribution >= 0.6 is 0 Å². The largest absolute Gasteiger partial charge is 0.432 e. The third-order valence-corrected chi connectivity index (χ3v) is 2.48. The van der Waals surface area contributed by atoms with Crippen molar-refractivity contribution in [2.24, 2.45) is 0 Å². The molecule has 0 aliphatic rings. The number of hydrogen-bond donors (Lipinski definition) is 2. The van der Waals surface area contributed by atoms with E-state index in [0.29, 0.717) is 18.1 Å². The Hall–Kier alpha value is -2.44. The Balaban J connectivity index is 2.21. The molecule has 7 heteroatoms. The molecule has 2 aromatic rings. The molecule has 0 aliphatic heterocycles. The van der Waals surface area contributed by atoms with Crippen LogP contribution in [-0.4, -0.2) is 22.4 Å². The molecule has 20 heavy (non-hydrogen) atoms. The van der Waals surface area contributed by atoms with Crippen LogP contribution < -0.4 is 10.6 Å². The summed E-state index contributed by atoms with van der Waals surface area (Å²) in [7, 11) is 0. The number of carbonyl (C=O) groups excluding carboxylic acids is 1. The van der Waals surface area contributed by atoms with Crippen LogP contribution in [0.2, 0.25) is 0 Å². The SMILES string of the molecule is CCCNc1ncc(F)cc1C(=O)Nc1nc(C)co1. The van der Waals surface area contributed by atoms with Crippen molar-refractivity contribution in [2.45, 2.75) is 20.3 Å². The van der Waals surface area contributed by atoms with E-state index in [0.717, 1.165) is 18.7 Å². The maximum atomic E-state index is 13.3. The molecule has 2 rings (SSSR count). The van der Waals surface area contributed by atoms with Gasteiger partial charge in [0.25, 0.3) is 5.91 Å². The molecule has 0 atom stereocenters. The Kier molecular flexibility index (Phi) is 4.29. The summed E-state index contributed by atoms with van der Waals surface area (Å²) in [5.74, 6) is -0.785. The Bertz CT molecular complexity index is 612. The van der Waals surface area contributed by atoms with Gasteiger partial charge in [-0.3, -0.25) is 10.1 Å². The molecule has 1 amide bonds. The van der Waals surface area contributed by atoms with Crippen LogP contribution in [0, 0.1) is 12.7 Å². The first-order chi connectivity index (χ1) is 9.60. The van der Waals surface area contributed by atoms with Crippen molar-refractivity contribution in [1.82, 2.24) is 9.97 Å². The number of nitrogens with zero attached hydrogens (tertiary/aromatic N) is 2. The zero-order valence-corrected chi connectivity index (χ0v) is 11.2. The third-order valence-electron chi connectivity index (χ3n) is 2.48. The van der Waals surface area contributed by atoms with Crippen molar-refractivity contribution >= 4 is 17.7 Å². The zero-order chi connectivity index (χ0) is 14.5. The molecule has 0 aliphatic carbocycles. The van der Waals surface area contributed by atoms with Gasteiger partial charge in [-0.1, -0.05) is 6.92 Å². The highest BCUT2D eigenvalue weighted by molar-refractivity contribution is 6.06. The highest BCUT2D eigenvalue weighted by atomic mass is 19.1. The number of pyridine rings is 1. The fourth-order valence-corrected chi connectivity index (χ4v) is 1.57. The fourth-order valence-electron chi connectivity index (χ4n) is 1.57. The van der Waals surface area contributed by atoms with Crippen LogP contribution in [0.5, 0.6) is 0 Å². The lowest BCUT2D eigenvalue weighted by Gasteiger charge is -2.09. The van der Waals surface area contributed by atoms with Crippen molar-refractivity contribution < 1.29 is 13.6 Å². The molecular formula is C13H15FN4O2.